The van der Waals surface area contributed by atoms with Crippen LogP contribution in [-0.4, -0.2) is 41.1 Å². The van der Waals surface area contributed by atoms with Gasteiger partial charge < -0.3 is 14.2 Å². The van der Waals surface area contributed by atoms with Gasteiger partial charge >= 0.3 is 6.18 Å². The Kier molecular flexibility index (Phi) is 8.39. The zero-order chi connectivity index (χ0) is 29.9. The van der Waals surface area contributed by atoms with Gasteiger partial charge in [0, 0.05) is 28.8 Å². The highest BCUT2D eigenvalue weighted by molar-refractivity contribution is 7.98. The molecule has 216 valence electrons. The van der Waals surface area contributed by atoms with E-state index in [1.807, 2.05) is 47.0 Å². The summed E-state index contributed by atoms with van der Waals surface area (Å²) in [4.78, 5) is 4.90. The highest BCUT2D eigenvalue weighted by atomic mass is 32.2. The molecule has 0 aliphatic heterocycles. The number of nitrogens with zero attached hydrogens (tertiary/aromatic N) is 4. The van der Waals surface area contributed by atoms with Gasteiger partial charge in [0.05, 0.1) is 38.1 Å². The van der Waals surface area contributed by atoms with Gasteiger partial charge in [-0.3, -0.25) is 4.57 Å². The minimum atomic E-state index is -4.41. The quantitative estimate of drug-likeness (QED) is 0.122. The molecule has 0 radical (unpaired) electrons. The number of hydrogen-bond donors (Lipinski definition) is 0. The predicted molar refractivity (Wildman–Crippen MR) is 157 cm³/mol. The second-order valence-electron chi connectivity index (χ2n) is 9.18. The number of para-hydroxylation sites is 1. The summed E-state index contributed by atoms with van der Waals surface area (Å²) >= 11 is 1.31. The largest absolute Gasteiger partial charge is 0.493 e. The maximum absolute atomic E-state index is 13.2. The first-order valence-corrected chi connectivity index (χ1v) is 13.8. The van der Waals surface area contributed by atoms with E-state index < -0.39 is 11.7 Å². The fraction of sp³-hybridized carbons (Fsp3) is 0.194. The van der Waals surface area contributed by atoms with Crippen LogP contribution in [0.1, 0.15) is 11.1 Å². The van der Waals surface area contributed by atoms with Crippen molar-refractivity contribution in [3.8, 4) is 39.9 Å². The summed E-state index contributed by atoms with van der Waals surface area (Å²) in [7, 11) is 4.65. The minimum Gasteiger partial charge on any atom is -0.493 e. The molecule has 42 heavy (non-hydrogen) atoms. The van der Waals surface area contributed by atoms with E-state index >= 15 is 0 Å². The van der Waals surface area contributed by atoms with Gasteiger partial charge in [0.25, 0.3) is 0 Å². The van der Waals surface area contributed by atoms with Gasteiger partial charge in [0.15, 0.2) is 22.5 Å². The highest BCUT2D eigenvalue weighted by Gasteiger charge is 2.30. The fourth-order valence-corrected chi connectivity index (χ4v) is 5.50. The maximum Gasteiger partial charge on any atom is 0.416 e. The highest BCUT2D eigenvalue weighted by Crippen LogP contribution is 2.42. The molecule has 0 saturated carbocycles. The summed E-state index contributed by atoms with van der Waals surface area (Å²) < 4.78 is 58.1. The first-order valence-electron chi connectivity index (χ1n) is 12.8. The number of ether oxygens (including phenoxy) is 3. The molecule has 0 N–H and O–H groups in total. The van der Waals surface area contributed by atoms with Crippen LogP contribution in [0.2, 0.25) is 0 Å². The van der Waals surface area contributed by atoms with Gasteiger partial charge in [0.2, 0.25) is 5.75 Å². The normalized spacial score (nSPS) is 11.5. The second kappa shape index (κ2) is 12.2. The lowest BCUT2D eigenvalue weighted by molar-refractivity contribution is -0.137. The zero-order valence-corrected chi connectivity index (χ0v) is 23.9. The van der Waals surface area contributed by atoms with E-state index in [2.05, 4.69) is 16.8 Å². The van der Waals surface area contributed by atoms with Crippen molar-refractivity contribution in [3.05, 3.63) is 90.5 Å². The standard InChI is InChI=1S/C31H27F3N4O3S/c1-5-13-38-29(36-37-30(38)42-18-19-9-8-10-21(14-19)31(32,33)34)23-17-25(35-24-12-7-6-11-22(23)24)20-15-26(39-2)28(41-4)27(16-20)40-3/h5-12,14-17H,1,13,18H2,2-4H3. The molecule has 2 heterocycles. The van der Waals surface area contributed by atoms with Crippen LogP contribution in [0.5, 0.6) is 17.2 Å². The molecule has 0 aliphatic rings. The topological polar surface area (TPSA) is 71.3 Å². The van der Waals surface area contributed by atoms with Gasteiger partial charge in [0.1, 0.15) is 0 Å². The van der Waals surface area contributed by atoms with Gasteiger partial charge in [-0.25, -0.2) is 4.98 Å². The molecule has 0 spiro atoms. The average Bonchev–Trinajstić information content (AvgIpc) is 3.40. The second-order valence-corrected chi connectivity index (χ2v) is 10.1. The van der Waals surface area contributed by atoms with Crippen molar-refractivity contribution >= 4 is 22.7 Å². The number of pyridine rings is 1. The van der Waals surface area contributed by atoms with Gasteiger partial charge in [-0.1, -0.05) is 54.2 Å². The van der Waals surface area contributed by atoms with Crippen molar-refractivity contribution < 1.29 is 27.4 Å². The number of thioether (sulfide) groups is 1. The summed E-state index contributed by atoms with van der Waals surface area (Å²) in [5.74, 6) is 2.32. The number of rotatable bonds is 10. The third-order valence-electron chi connectivity index (χ3n) is 6.57. The van der Waals surface area contributed by atoms with E-state index in [-0.39, 0.29) is 5.75 Å². The Balaban J connectivity index is 1.59. The molecule has 0 bridgehead atoms. The Morgan fingerprint density at radius 1 is 0.905 bits per heavy atom. The van der Waals surface area contributed by atoms with Crippen molar-refractivity contribution in [1.29, 1.82) is 0 Å². The molecule has 0 unspecified atom stereocenters. The average molecular weight is 593 g/mol. The van der Waals surface area contributed by atoms with E-state index in [1.54, 1.807) is 33.5 Å². The Labute approximate surface area is 245 Å². The zero-order valence-electron chi connectivity index (χ0n) is 23.1. The lowest BCUT2D eigenvalue weighted by Crippen LogP contribution is -2.05. The van der Waals surface area contributed by atoms with E-state index in [0.717, 1.165) is 34.2 Å². The van der Waals surface area contributed by atoms with Crippen molar-refractivity contribution in [2.45, 2.75) is 23.6 Å². The molecule has 5 rings (SSSR count). The van der Waals surface area contributed by atoms with Crippen LogP contribution in [0.25, 0.3) is 33.5 Å². The summed E-state index contributed by atoms with van der Waals surface area (Å²) in [6.07, 6.45) is -2.68. The summed E-state index contributed by atoms with van der Waals surface area (Å²) in [5, 5.41) is 10.3. The van der Waals surface area contributed by atoms with Crippen LogP contribution in [0, 0.1) is 0 Å². The lowest BCUT2D eigenvalue weighted by Gasteiger charge is -2.15. The molecule has 2 aromatic heterocycles. The van der Waals surface area contributed by atoms with Crippen molar-refractivity contribution in [3.63, 3.8) is 0 Å². The number of fused-ring (bicyclic) bond motifs is 1. The number of aromatic nitrogens is 4. The summed E-state index contributed by atoms with van der Waals surface area (Å²) in [6.45, 7) is 4.28. The van der Waals surface area contributed by atoms with Crippen LogP contribution < -0.4 is 14.2 Å². The van der Waals surface area contributed by atoms with Crippen LogP contribution in [-0.2, 0) is 18.5 Å². The van der Waals surface area contributed by atoms with Crippen molar-refractivity contribution in [2.75, 3.05) is 21.3 Å². The van der Waals surface area contributed by atoms with E-state index in [4.69, 9.17) is 19.2 Å². The van der Waals surface area contributed by atoms with E-state index in [9.17, 15) is 13.2 Å². The van der Waals surface area contributed by atoms with Crippen LogP contribution in [0.4, 0.5) is 13.2 Å². The van der Waals surface area contributed by atoms with E-state index in [0.29, 0.717) is 46.0 Å². The number of hydrogen-bond acceptors (Lipinski definition) is 7. The Morgan fingerprint density at radius 2 is 1.64 bits per heavy atom. The number of halogens is 3. The summed E-state index contributed by atoms with van der Waals surface area (Å²) in [6, 6.07) is 18.6. The molecule has 3 aromatic carbocycles. The molecule has 0 saturated heterocycles. The third-order valence-corrected chi connectivity index (χ3v) is 7.61. The fourth-order valence-electron chi connectivity index (χ4n) is 4.61. The number of benzene rings is 3. The van der Waals surface area contributed by atoms with Gasteiger partial charge in [-0.2, -0.15) is 13.2 Å². The smallest absolute Gasteiger partial charge is 0.416 e. The maximum atomic E-state index is 13.2. The molecule has 0 atom stereocenters. The van der Waals surface area contributed by atoms with Crippen molar-refractivity contribution in [2.24, 2.45) is 0 Å². The third kappa shape index (κ3) is 5.78. The molecule has 7 nitrogen and oxygen atoms in total. The monoisotopic (exact) mass is 592 g/mol. The van der Waals surface area contributed by atoms with Gasteiger partial charge in [-0.15, -0.1) is 16.8 Å². The van der Waals surface area contributed by atoms with E-state index in [1.165, 1.54) is 17.8 Å². The number of allylic oxidation sites excluding steroid dienone is 1. The first kappa shape index (κ1) is 29.0. The molecular weight excluding hydrogens is 565 g/mol. The Hall–Kier alpha value is -4.51. The molecular formula is C31H27F3N4O3S. The van der Waals surface area contributed by atoms with Crippen molar-refractivity contribution in [1.82, 2.24) is 19.7 Å². The lowest BCUT2D eigenvalue weighted by atomic mass is 10.0. The number of alkyl halides is 3. The summed E-state index contributed by atoms with van der Waals surface area (Å²) in [5.41, 5.74) is 2.76. The number of methoxy groups -OCH3 is 3. The predicted octanol–water partition coefficient (Wildman–Crippen LogP) is 7.68. The SMILES string of the molecule is C=CCn1c(SCc2cccc(C(F)(F)F)c2)nnc1-c1cc(-c2cc(OC)c(OC)c(OC)c2)nc2ccccc12. The molecule has 11 heteroatoms. The van der Waals surface area contributed by atoms with Crippen LogP contribution >= 0.6 is 11.8 Å². The molecule has 5 aromatic rings. The Morgan fingerprint density at radius 3 is 2.31 bits per heavy atom. The Bertz CT molecular complexity index is 1730. The van der Waals surface area contributed by atoms with Crippen LogP contribution in [0.3, 0.4) is 0 Å². The van der Waals surface area contributed by atoms with Gasteiger partial charge in [-0.05, 0) is 35.9 Å². The first-order chi connectivity index (χ1) is 20.3. The molecule has 0 aliphatic carbocycles. The van der Waals surface area contributed by atoms with Crippen LogP contribution in [0.15, 0.2) is 84.5 Å². The molecule has 0 amide bonds. The molecule has 0 fully saturated rings. The minimum absolute atomic E-state index is 0.285.